The van der Waals surface area contributed by atoms with Crippen molar-refractivity contribution in [1.29, 1.82) is 0 Å². The van der Waals surface area contributed by atoms with Crippen molar-refractivity contribution in [3.8, 4) is 0 Å². The van der Waals surface area contributed by atoms with E-state index in [-0.39, 0.29) is 22.9 Å². The smallest absolute Gasteiger partial charge is 0.293 e. The summed E-state index contributed by atoms with van der Waals surface area (Å²) in [5.41, 5.74) is 3.29. The van der Waals surface area contributed by atoms with Crippen LogP contribution in [0.4, 0.5) is 15.8 Å². The molecule has 170 valence electrons. The third kappa shape index (κ3) is 4.65. The van der Waals surface area contributed by atoms with Crippen LogP contribution in [0.15, 0.2) is 48.2 Å². The summed E-state index contributed by atoms with van der Waals surface area (Å²) in [5, 5.41) is 0. The summed E-state index contributed by atoms with van der Waals surface area (Å²) in [4.78, 5) is 19.4. The molecule has 0 aliphatic carbocycles. The lowest BCUT2D eigenvalue weighted by Crippen LogP contribution is -2.44. The molecule has 2 saturated heterocycles. The summed E-state index contributed by atoms with van der Waals surface area (Å²) in [5.74, 6) is -0.416. The molecule has 6 heteroatoms. The minimum atomic E-state index is -0.350. The molecule has 0 atom stereocenters. The number of halogens is 1. The largest absolute Gasteiger partial charge is 0.486 e. The predicted octanol–water partition coefficient (Wildman–Crippen LogP) is 4.28. The number of benzene rings is 2. The summed E-state index contributed by atoms with van der Waals surface area (Å²) in [6.45, 7) is 10.8. The van der Waals surface area contributed by atoms with E-state index < -0.39 is 0 Å². The second-order valence-electron chi connectivity index (χ2n) is 9.57. The van der Waals surface area contributed by atoms with Crippen molar-refractivity contribution in [3.63, 3.8) is 0 Å². The van der Waals surface area contributed by atoms with E-state index in [0.29, 0.717) is 18.7 Å². The Labute approximate surface area is 190 Å². The molecule has 2 aliphatic rings. The fourth-order valence-electron chi connectivity index (χ4n) is 4.16. The first-order valence-electron chi connectivity index (χ1n) is 11.2. The monoisotopic (exact) mass is 437 g/mol. The van der Waals surface area contributed by atoms with Gasteiger partial charge in [0.05, 0.1) is 6.54 Å². The zero-order valence-corrected chi connectivity index (χ0v) is 19.4. The Morgan fingerprint density at radius 2 is 1.66 bits per heavy atom. The number of morpholine rings is 1. The molecular formula is C26H32FN3O2. The fraction of sp³-hybridized carbons (Fsp3) is 0.423. The van der Waals surface area contributed by atoms with Crippen molar-refractivity contribution >= 4 is 23.4 Å². The van der Waals surface area contributed by atoms with Gasteiger partial charge >= 0.3 is 0 Å². The molecule has 2 aliphatic heterocycles. The molecule has 0 unspecified atom stereocenters. The van der Waals surface area contributed by atoms with Crippen LogP contribution in [0, 0.1) is 5.82 Å². The SMILES string of the molecule is CN1CCN(c2cccc(F)c2C=C2OCCN(c3ccc(C(C)(C)C)cc3)C2=O)CC1. The highest BCUT2D eigenvalue weighted by Gasteiger charge is 2.28. The Bertz CT molecular complexity index is 1000. The first kappa shape index (κ1) is 22.3. The van der Waals surface area contributed by atoms with Crippen LogP contribution in [0.2, 0.25) is 0 Å². The average molecular weight is 438 g/mol. The average Bonchev–Trinajstić information content (AvgIpc) is 2.76. The summed E-state index contributed by atoms with van der Waals surface area (Å²) < 4.78 is 20.6. The first-order valence-corrected chi connectivity index (χ1v) is 11.2. The van der Waals surface area contributed by atoms with Gasteiger partial charge in [-0.25, -0.2) is 4.39 Å². The van der Waals surface area contributed by atoms with E-state index in [1.165, 1.54) is 11.6 Å². The molecule has 0 spiro atoms. The summed E-state index contributed by atoms with van der Waals surface area (Å²) in [6.07, 6.45) is 1.57. The molecule has 0 bridgehead atoms. The van der Waals surface area contributed by atoms with Crippen molar-refractivity contribution in [2.75, 3.05) is 56.2 Å². The molecule has 32 heavy (non-hydrogen) atoms. The van der Waals surface area contributed by atoms with Crippen LogP contribution in [0.3, 0.4) is 0 Å². The Morgan fingerprint density at radius 1 is 0.969 bits per heavy atom. The Balaban J connectivity index is 1.62. The number of carbonyl (C=O) groups is 1. The lowest BCUT2D eigenvalue weighted by atomic mass is 9.87. The van der Waals surface area contributed by atoms with E-state index in [1.54, 1.807) is 17.0 Å². The maximum Gasteiger partial charge on any atom is 0.293 e. The minimum Gasteiger partial charge on any atom is -0.486 e. The highest BCUT2D eigenvalue weighted by molar-refractivity contribution is 6.07. The van der Waals surface area contributed by atoms with E-state index in [2.05, 4.69) is 49.8 Å². The van der Waals surface area contributed by atoms with Crippen molar-refractivity contribution in [3.05, 3.63) is 65.2 Å². The zero-order chi connectivity index (χ0) is 22.9. The van der Waals surface area contributed by atoms with E-state index in [4.69, 9.17) is 4.74 Å². The van der Waals surface area contributed by atoms with Crippen LogP contribution in [0.5, 0.6) is 0 Å². The number of amides is 1. The van der Waals surface area contributed by atoms with E-state index in [9.17, 15) is 9.18 Å². The van der Waals surface area contributed by atoms with Gasteiger partial charge in [0.15, 0.2) is 5.76 Å². The molecule has 0 radical (unpaired) electrons. The molecule has 0 aromatic heterocycles. The number of piperazine rings is 1. The lowest BCUT2D eigenvalue weighted by molar-refractivity contribution is -0.120. The fourth-order valence-corrected chi connectivity index (χ4v) is 4.16. The van der Waals surface area contributed by atoms with Crippen LogP contribution in [-0.2, 0) is 14.9 Å². The normalized spacial score (nSPS) is 19.4. The minimum absolute atomic E-state index is 0.0447. The van der Waals surface area contributed by atoms with Crippen LogP contribution in [-0.4, -0.2) is 57.2 Å². The third-order valence-electron chi connectivity index (χ3n) is 6.22. The Morgan fingerprint density at radius 3 is 2.31 bits per heavy atom. The second-order valence-corrected chi connectivity index (χ2v) is 9.57. The van der Waals surface area contributed by atoms with E-state index in [0.717, 1.165) is 37.6 Å². The van der Waals surface area contributed by atoms with Gasteiger partial charge < -0.3 is 19.4 Å². The second kappa shape index (κ2) is 8.94. The van der Waals surface area contributed by atoms with Gasteiger partial charge in [-0.3, -0.25) is 4.79 Å². The van der Waals surface area contributed by atoms with Gasteiger partial charge in [-0.05, 0) is 48.4 Å². The topological polar surface area (TPSA) is 36.0 Å². The molecular weight excluding hydrogens is 405 g/mol. The van der Waals surface area contributed by atoms with Gasteiger partial charge in [0.1, 0.15) is 12.4 Å². The summed E-state index contributed by atoms with van der Waals surface area (Å²) in [7, 11) is 2.09. The molecule has 0 N–H and O–H groups in total. The van der Waals surface area contributed by atoms with Crippen LogP contribution < -0.4 is 9.80 Å². The van der Waals surface area contributed by atoms with Crippen LogP contribution in [0.1, 0.15) is 31.9 Å². The number of carbonyl (C=O) groups excluding carboxylic acids is 1. The van der Waals surface area contributed by atoms with Gasteiger partial charge in [-0.2, -0.15) is 0 Å². The van der Waals surface area contributed by atoms with Crippen LogP contribution in [0.25, 0.3) is 6.08 Å². The number of nitrogens with zero attached hydrogens (tertiary/aromatic N) is 3. The first-order chi connectivity index (χ1) is 15.2. The summed E-state index contributed by atoms with van der Waals surface area (Å²) >= 11 is 0. The molecule has 0 saturated carbocycles. The van der Waals surface area contributed by atoms with Gasteiger partial charge in [0, 0.05) is 43.1 Å². The molecule has 2 aromatic rings. The highest BCUT2D eigenvalue weighted by Crippen LogP contribution is 2.30. The number of rotatable bonds is 3. The van der Waals surface area contributed by atoms with Crippen molar-refractivity contribution in [1.82, 2.24) is 4.90 Å². The third-order valence-corrected chi connectivity index (χ3v) is 6.22. The number of hydrogen-bond donors (Lipinski definition) is 0. The Hall–Kier alpha value is -2.86. The van der Waals surface area contributed by atoms with Crippen molar-refractivity contribution < 1.29 is 13.9 Å². The van der Waals surface area contributed by atoms with Gasteiger partial charge in [0.25, 0.3) is 5.91 Å². The number of ether oxygens (including phenoxy) is 1. The predicted molar refractivity (Wildman–Crippen MR) is 128 cm³/mol. The van der Waals surface area contributed by atoms with Gasteiger partial charge in [0.2, 0.25) is 0 Å². The van der Waals surface area contributed by atoms with Crippen molar-refractivity contribution in [2.45, 2.75) is 26.2 Å². The van der Waals surface area contributed by atoms with Gasteiger partial charge in [-0.15, -0.1) is 0 Å². The molecule has 1 amide bonds. The van der Waals surface area contributed by atoms with Crippen molar-refractivity contribution in [2.24, 2.45) is 0 Å². The van der Waals surface area contributed by atoms with E-state index >= 15 is 0 Å². The van der Waals surface area contributed by atoms with Crippen LogP contribution >= 0.6 is 0 Å². The molecule has 2 heterocycles. The molecule has 2 aromatic carbocycles. The maximum atomic E-state index is 14.9. The quantitative estimate of drug-likeness (QED) is 0.672. The standard InChI is InChI=1S/C26H32FN3O2/c1-26(2,3)19-8-10-20(11-9-19)30-16-17-32-24(25(30)31)18-21-22(27)6-5-7-23(21)29-14-12-28(4)13-15-29/h5-11,18H,12-17H2,1-4H3. The van der Waals surface area contributed by atoms with E-state index in [1.807, 2.05) is 18.2 Å². The molecule has 5 nitrogen and oxygen atoms in total. The molecule has 4 rings (SSSR count). The number of likely N-dealkylation sites (N-methyl/N-ethyl adjacent to an activating group) is 1. The van der Waals surface area contributed by atoms with Gasteiger partial charge in [-0.1, -0.05) is 39.0 Å². The highest BCUT2D eigenvalue weighted by atomic mass is 19.1. The maximum absolute atomic E-state index is 14.9. The Kier molecular flexibility index (Phi) is 6.24. The lowest BCUT2D eigenvalue weighted by Gasteiger charge is -2.35. The summed E-state index contributed by atoms with van der Waals surface area (Å²) in [6, 6.07) is 13.1. The zero-order valence-electron chi connectivity index (χ0n) is 19.4. The molecule has 2 fully saturated rings. The number of anilines is 2. The number of hydrogen-bond acceptors (Lipinski definition) is 4.